The van der Waals surface area contributed by atoms with Crippen LogP contribution in [0.4, 0.5) is 10.1 Å². The fourth-order valence-electron chi connectivity index (χ4n) is 4.92. The second-order valence-electron chi connectivity index (χ2n) is 9.71. The summed E-state index contributed by atoms with van der Waals surface area (Å²) < 4.78 is 38.2. The average Bonchev–Trinajstić information content (AvgIpc) is 3.58. The Labute approximate surface area is 239 Å². The van der Waals surface area contributed by atoms with Crippen molar-refractivity contribution in [3.05, 3.63) is 60.2 Å². The van der Waals surface area contributed by atoms with E-state index in [4.69, 9.17) is 23.9 Å². The number of pyridine rings is 1. The molecule has 0 saturated heterocycles. The first kappa shape index (κ1) is 27.1. The Bertz CT molecular complexity index is 1700. The van der Waals surface area contributed by atoms with Crippen molar-refractivity contribution in [2.24, 2.45) is 0 Å². The summed E-state index contributed by atoms with van der Waals surface area (Å²) in [7, 11) is 3.08. The van der Waals surface area contributed by atoms with E-state index >= 15 is 4.39 Å². The molecule has 0 radical (unpaired) electrons. The number of nitrogens with zero attached hydrogens (tertiary/aromatic N) is 4. The number of halogens is 1. The number of benzene rings is 2. The molecule has 0 aliphatic heterocycles. The lowest BCUT2D eigenvalue weighted by Gasteiger charge is -2.25. The summed E-state index contributed by atoms with van der Waals surface area (Å²) in [5.41, 5.74) is 4.29. The summed E-state index contributed by atoms with van der Waals surface area (Å²) in [5, 5.41) is 14.0. The fraction of sp³-hybridized carbons (Fsp3) is 0.310. The van der Waals surface area contributed by atoms with Gasteiger partial charge in [-0.2, -0.15) is 0 Å². The van der Waals surface area contributed by atoms with Crippen molar-refractivity contribution < 1.29 is 28.4 Å². The van der Waals surface area contributed by atoms with Gasteiger partial charge in [-0.1, -0.05) is 0 Å². The van der Waals surface area contributed by atoms with Crippen LogP contribution in [0.1, 0.15) is 24.8 Å². The van der Waals surface area contributed by atoms with E-state index in [2.05, 4.69) is 20.3 Å². The second kappa shape index (κ2) is 11.4. The standard InChI is InChI=1S/C29H28FN5O5S/c1-15-9-17(27-20(10-15)34-26(38-3)14-32-27)28-35-19-11-18(30)23(12-24(19)41-28)39-21-5-4-6-22(21)40-29(36)33-16-7-8-25(37-2)31-13-16/h7-14,21-22,29,33,36H,4-6H2,1-3H3/t21-,22+,29?/m0/s1. The highest BCUT2D eigenvalue weighted by Crippen LogP contribution is 2.38. The van der Waals surface area contributed by atoms with E-state index in [0.717, 1.165) is 22.2 Å². The summed E-state index contributed by atoms with van der Waals surface area (Å²) in [6.07, 6.45) is 3.13. The van der Waals surface area contributed by atoms with Crippen LogP contribution in [0.5, 0.6) is 17.5 Å². The van der Waals surface area contributed by atoms with Crippen LogP contribution in [0.3, 0.4) is 0 Å². The largest absolute Gasteiger partial charge is 0.485 e. The number of hydrogen-bond donors (Lipinski definition) is 2. The number of aliphatic hydroxyl groups is 1. The third-order valence-corrected chi connectivity index (χ3v) is 7.91. The van der Waals surface area contributed by atoms with Crippen LogP contribution in [0.25, 0.3) is 31.8 Å². The molecule has 41 heavy (non-hydrogen) atoms. The van der Waals surface area contributed by atoms with Gasteiger partial charge in [0.1, 0.15) is 11.1 Å². The van der Waals surface area contributed by atoms with Gasteiger partial charge in [-0.3, -0.25) is 0 Å². The number of hydrogen-bond acceptors (Lipinski definition) is 11. The molecule has 212 valence electrons. The van der Waals surface area contributed by atoms with E-state index in [9.17, 15) is 5.11 Å². The molecule has 1 fully saturated rings. The van der Waals surface area contributed by atoms with Crippen molar-refractivity contribution in [1.29, 1.82) is 0 Å². The minimum Gasteiger partial charge on any atom is -0.485 e. The predicted molar refractivity (Wildman–Crippen MR) is 153 cm³/mol. The first-order valence-electron chi connectivity index (χ1n) is 13.1. The van der Waals surface area contributed by atoms with Crippen LogP contribution < -0.4 is 19.5 Å². The highest BCUT2D eigenvalue weighted by molar-refractivity contribution is 7.21. The topological polar surface area (TPSA) is 121 Å². The summed E-state index contributed by atoms with van der Waals surface area (Å²) in [6, 6.07) is 10.4. The van der Waals surface area contributed by atoms with E-state index < -0.39 is 24.4 Å². The maximum Gasteiger partial charge on any atom is 0.235 e. The predicted octanol–water partition coefficient (Wildman–Crippen LogP) is 5.47. The van der Waals surface area contributed by atoms with E-state index in [1.807, 2.05) is 19.1 Å². The van der Waals surface area contributed by atoms with Crippen molar-refractivity contribution in [1.82, 2.24) is 19.9 Å². The number of fused-ring (bicyclic) bond motifs is 2. The van der Waals surface area contributed by atoms with Gasteiger partial charge in [0, 0.05) is 23.8 Å². The van der Waals surface area contributed by atoms with Crippen LogP contribution in [0.15, 0.2) is 48.8 Å². The Morgan fingerprint density at radius 2 is 1.80 bits per heavy atom. The molecule has 1 unspecified atom stereocenters. The van der Waals surface area contributed by atoms with E-state index in [0.29, 0.717) is 51.8 Å². The molecule has 2 N–H and O–H groups in total. The molecule has 0 amide bonds. The van der Waals surface area contributed by atoms with Crippen molar-refractivity contribution in [2.75, 3.05) is 19.5 Å². The van der Waals surface area contributed by atoms with Crippen LogP contribution in [0.2, 0.25) is 0 Å². The van der Waals surface area contributed by atoms with Crippen molar-refractivity contribution in [2.45, 2.75) is 44.8 Å². The average molecular weight is 578 g/mol. The van der Waals surface area contributed by atoms with Gasteiger partial charge < -0.3 is 29.4 Å². The summed E-state index contributed by atoms with van der Waals surface area (Å²) in [4.78, 5) is 17.9. The summed E-state index contributed by atoms with van der Waals surface area (Å²) in [6.45, 7) is 1.98. The minimum atomic E-state index is -1.29. The lowest BCUT2D eigenvalue weighted by molar-refractivity contribution is -0.137. The highest BCUT2D eigenvalue weighted by Gasteiger charge is 2.32. The number of ether oxygens (including phenoxy) is 4. The molecule has 1 aliphatic rings. The number of aliphatic hydroxyl groups excluding tert-OH is 1. The quantitative estimate of drug-likeness (QED) is 0.218. The maximum atomic E-state index is 15.2. The molecule has 12 heteroatoms. The van der Waals surface area contributed by atoms with Crippen LogP contribution in [-0.2, 0) is 4.74 Å². The lowest BCUT2D eigenvalue weighted by Crippen LogP contribution is -2.35. The van der Waals surface area contributed by atoms with Crippen LogP contribution in [0, 0.1) is 12.7 Å². The van der Waals surface area contributed by atoms with E-state index in [-0.39, 0.29) is 5.75 Å². The number of anilines is 1. The number of rotatable bonds is 9. The third kappa shape index (κ3) is 5.71. The normalized spacial score (nSPS) is 17.6. The minimum absolute atomic E-state index is 0.119. The molecular weight excluding hydrogens is 549 g/mol. The van der Waals surface area contributed by atoms with Crippen LogP contribution >= 0.6 is 11.3 Å². The zero-order valence-corrected chi connectivity index (χ0v) is 23.4. The molecule has 3 atom stereocenters. The molecule has 1 saturated carbocycles. The third-order valence-electron chi connectivity index (χ3n) is 6.86. The number of nitrogens with one attached hydrogen (secondary N) is 1. The van der Waals surface area contributed by atoms with Crippen LogP contribution in [-0.4, -0.2) is 57.9 Å². The molecule has 0 spiro atoms. The molecule has 6 rings (SSSR count). The Balaban J connectivity index is 1.21. The molecule has 1 aliphatic carbocycles. The van der Waals surface area contributed by atoms with Crippen molar-refractivity contribution in [3.8, 4) is 28.1 Å². The zero-order valence-electron chi connectivity index (χ0n) is 22.6. The van der Waals surface area contributed by atoms with Gasteiger partial charge in [0.25, 0.3) is 0 Å². The van der Waals surface area contributed by atoms with Gasteiger partial charge in [0.05, 0.1) is 59.7 Å². The molecule has 0 bridgehead atoms. The Morgan fingerprint density at radius 3 is 2.59 bits per heavy atom. The van der Waals surface area contributed by atoms with Gasteiger partial charge in [0.15, 0.2) is 11.6 Å². The number of aromatic nitrogens is 4. The Kier molecular flexibility index (Phi) is 7.52. The first-order valence-corrected chi connectivity index (χ1v) is 13.9. The number of thiazole rings is 1. The molecular formula is C29H28FN5O5S. The van der Waals surface area contributed by atoms with Crippen molar-refractivity contribution >= 4 is 38.3 Å². The smallest absolute Gasteiger partial charge is 0.235 e. The molecule has 3 heterocycles. The van der Waals surface area contributed by atoms with Gasteiger partial charge in [0.2, 0.25) is 18.2 Å². The zero-order chi connectivity index (χ0) is 28.5. The monoisotopic (exact) mass is 577 g/mol. The Hall–Kier alpha value is -4.13. The molecule has 2 aromatic carbocycles. The lowest BCUT2D eigenvalue weighted by atomic mass is 10.1. The van der Waals surface area contributed by atoms with E-state index in [1.165, 1.54) is 30.7 Å². The highest BCUT2D eigenvalue weighted by atomic mass is 32.1. The summed E-state index contributed by atoms with van der Waals surface area (Å²) >= 11 is 1.43. The number of methoxy groups -OCH3 is 2. The SMILES string of the molecule is COc1ccc(NC(O)O[C@@H]2CCC[C@@H]2Oc2cc3sc(-c4cc(C)cc5nc(OC)cnc45)nc3cc2F)cn1. The van der Waals surface area contributed by atoms with Gasteiger partial charge in [-0.15, -0.1) is 11.3 Å². The van der Waals surface area contributed by atoms with Crippen molar-refractivity contribution in [3.63, 3.8) is 0 Å². The summed E-state index contributed by atoms with van der Waals surface area (Å²) in [5.74, 6) is 0.497. The fourth-order valence-corrected chi connectivity index (χ4v) is 5.91. The van der Waals surface area contributed by atoms with Gasteiger partial charge in [-0.05, 0) is 49.9 Å². The molecule has 3 aromatic heterocycles. The molecule has 5 aromatic rings. The second-order valence-corrected chi connectivity index (χ2v) is 10.7. The number of aryl methyl sites for hydroxylation is 1. The maximum absolute atomic E-state index is 15.2. The van der Waals surface area contributed by atoms with Gasteiger partial charge >= 0.3 is 0 Å². The Morgan fingerprint density at radius 1 is 0.976 bits per heavy atom. The van der Waals surface area contributed by atoms with E-state index in [1.54, 1.807) is 31.5 Å². The molecule has 10 nitrogen and oxygen atoms in total. The first-order chi connectivity index (χ1) is 19.9. The van der Waals surface area contributed by atoms with Gasteiger partial charge in [-0.25, -0.2) is 24.3 Å².